The Morgan fingerprint density at radius 3 is 2.76 bits per heavy atom. The molecule has 1 aliphatic carbocycles. The van der Waals surface area contributed by atoms with Crippen LogP contribution >= 0.6 is 0 Å². The average Bonchev–Trinajstić information content (AvgIpc) is 2.89. The van der Waals surface area contributed by atoms with E-state index >= 15 is 0 Å². The normalized spacial score (nSPS) is 26.0. The number of aromatic nitrogens is 1. The van der Waals surface area contributed by atoms with Crippen molar-refractivity contribution in [1.82, 2.24) is 9.88 Å². The van der Waals surface area contributed by atoms with Crippen LogP contribution in [0.4, 0.5) is 8.78 Å². The lowest BCUT2D eigenvalue weighted by atomic mass is 9.77. The van der Waals surface area contributed by atoms with Crippen molar-refractivity contribution < 1.29 is 18.7 Å². The first-order valence-corrected chi connectivity index (χ1v) is 7.32. The van der Waals surface area contributed by atoms with Crippen LogP contribution in [-0.4, -0.2) is 34.2 Å². The van der Waals surface area contributed by atoms with Gasteiger partial charge in [-0.1, -0.05) is 6.92 Å². The summed E-state index contributed by atoms with van der Waals surface area (Å²) in [6.07, 6.45) is 2.27. The van der Waals surface area contributed by atoms with E-state index in [4.69, 9.17) is 0 Å². The fraction of sp³-hybridized carbons (Fsp3) is 0.667. The zero-order chi connectivity index (χ0) is 15.5. The van der Waals surface area contributed by atoms with Gasteiger partial charge < -0.3 is 15.0 Å². The zero-order valence-corrected chi connectivity index (χ0v) is 12.2. The Morgan fingerprint density at radius 1 is 1.52 bits per heavy atom. The molecular formula is C15H22F2N2O2. The molecule has 0 saturated heterocycles. The molecule has 4 nitrogen and oxygen atoms in total. The van der Waals surface area contributed by atoms with Crippen LogP contribution in [0.25, 0.3) is 0 Å². The van der Waals surface area contributed by atoms with Crippen LogP contribution in [0.15, 0.2) is 18.3 Å². The molecule has 0 radical (unpaired) electrons. The van der Waals surface area contributed by atoms with E-state index in [9.17, 15) is 18.7 Å². The van der Waals surface area contributed by atoms with Crippen LogP contribution in [0, 0.1) is 5.92 Å². The minimum atomic E-state index is -2.51. The van der Waals surface area contributed by atoms with Gasteiger partial charge in [0.25, 0.3) is 12.3 Å². The van der Waals surface area contributed by atoms with Crippen LogP contribution in [0.1, 0.15) is 43.1 Å². The van der Waals surface area contributed by atoms with Crippen molar-refractivity contribution in [3.05, 3.63) is 24.0 Å². The van der Waals surface area contributed by atoms with E-state index in [2.05, 4.69) is 12.2 Å². The second-order valence-corrected chi connectivity index (χ2v) is 6.01. The number of aliphatic hydroxyl groups is 1. The summed E-state index contributed by atoms with van der Waals surface area (Å²) in [6.45, 7) is 1.52. The second-order valence-electron chi connectivity index (χ2n) is 6.01. The summed E-state index contributed by atoms with van der Waals surface area (Å²) in [5.41, 5.74) is -0.412. The van der Waals surface area contributed by atoms with Gasteiger partial charge in [0.2, 0.25) is 0 Å². The molecule has 0 aromatic carbocycles. The van der Waals surface area contributed by atoms with Gasteiger partial charge in [0.05, 0.1) is 18.7 Å². The number of carbonyl (C=O) groups excluding carboxylic acids is 1. The van der Waals surface area contributed by atoms with Crippen molar-refractivity contribution in [3.8, 4) is 0 Å². The molecule has 0 spiro atoms. The second kappa shape index (κ2) is 6.56. The largest absolute Gasteiger partial charge is 0.394 e. The first-order chi connectivity index (χ1) is 9.96. The van der Waals surface area contributed by atoms with Gasteiger partial charge in [0.1, 0.15) is 5.69 Å². The zero-order valence-electron chi connectivity index (χ0n) is 12.2. The Kier molecular flexibility index (Phi) is 4.98. The molecule has 1 saturated carbocycles. The smallest absolute Gasteiger partial charge is 0.268 e. The molecule has 1 aromatic rings. The summed E-state index contributed by atoms with van der Waals surface area (Å²) in [4.78, 5) is 12.3. The third kappa shape index (κ3) is 3.81. The Balaban J connectivity index is 2.08. The predicted octanol–water partition coefficient (Wildman–Crippen LogP) is 2.42. The molecule has 118 valence electrons. The van der Waals surface area contributed by atoms with E-state index in [1.807, 2.05) is 0 Å². The molecule has 1 fully saturated rings. The number of rotatable bonds is 5. The molecule has 1 heterocycles. The third-order valence-electron chi connectivity index (χ3n) is 4.31. The molecule has 2 N–H and O–H groups in total. The first kappa shape index (κ1) is 15.9. The Bertz CT molecular complexity index is 480. The number of hydrogen-bond acceptors (Lipinski definition) is 2. The highest BCUT2D eigenvalue weighted by molar-refractivity contribution is 5.93. The number of nitrogens with one attached hydrogen (secondary N) is 1. The number of carbonyl (C=O) groups is 1. The summed E-state index contributed by atoms with van der Waals surface area (Å²) in [7, 11) is 0. The van der Waals surface area contributed by atoms with Gasteiger partial charge >= 0.3 is 0 Å². The lowest BCUT2D eigenvalue weighted by molar-refractivity contribution is 0.0702. The lowest BCUT2D eigenvalue weighted by Crippen LogP contribution is -2.53. The van der Waals surface area contributed by atoms with Gasteiger partial charge in [0, 0.05) is 6.20 Å². The quantitative estimate of drug-likeness (QED) is 0.877. The fourth-order valence-electron chi connectivity index (χ4n) is 2.87. The van der Waals surface area contributed by atoms with Crippen molar-refractivity contribution >= 4 is 5.91 Å². The Labute approximate surface area is 123 Å². The number of aliphatic hydroxyl groups excluding tert-OH is 1. The van der Waals surface area contributed by atoms with Crippen molar-refractivity contribution in [1.29, 1.82) is 0 Å². The van der Waals surface area contributed by atoms with Gasteiger partial charge in [-0.25, -0.2) is 8.78 Å². The summed E-state index contributed by atoms with van der Waals surface area (Å²) in [6, 6.07) is 3.10. The highest BCUT2D eigenvalue weighted by Crippen LogP contribution is 2.31. The maximum atomic E-state index is 12.5. The molecule has 0 unspecified atom stereocenters. The third-order valence-corrected chi connectivity index (χ3v) is 4.31. The van der Waals surface area contributed by atoms with Crippen LogP contribution in [0.2, 0.25) is 0 Å². The van der Waals surface area contributed by atoms with Gasteiger partial charge in [-0.05, 0) is 43.7 Å². The van der Waals surface area contributed by atoms with E-state index in [-0.39, 0.29) is 12.3 Å². The van der Waals surface area contributed by atoms with E-state index < -0.39 is 24.4 Å². The van der Waals surface area contributed by atoms with E-state index in [0.29, 0.717) is 18.8 Å². The molecule has 2 rings (SSSR count). The number of amides is 1. The summed E-state index contributed by atoms with van der Waals surface area (Å²) >= 11 is 0. The van der Waals surface area contributed by atoms with Crippen molar-refractivity contribution in [3.63, 3.8) is 0 Å². The number of hydrogen-bond donors (Lipinski definition) is 2. The molecule has 1 aromatic heterocycles. The van der Waals surface area contributed by atoms with Gasteiger partial charge in [0.15, 0.2) is 0 Å². The minimum absolute atomic E-state index is 0.124. The van der Waals surface area contributed by atoms with E-state index in [1.54, 1.807) is 6.07 Å². The molecule has 1 aliphatic rings. The summed E-state index contributed by atoms with van der Waals surface area (Å²) in [5, 5.41) is 12.5. The van der Waals surface area contributed by atoms with Gasteiger partial charge in [-0.3, -0.25) is 4.79 Å². The average molecular weight is 300 g/mol. The molecule has 0 atom stereocenters. The molecule has 21 heavy (non-hydrogen) atoms. The topological polar surface area (TPSA) is 54.3 Å². The van der Waals surface area contributed by atoms with Crippen LogP contribution < -0.4 is 5.32 Å². The molecule has 1 amide bonds. The van der Waals surface area contributed by atoms with Crippen LogP contribution in [-0.2, 0) is 6.54 Å². The highest BCUT2D eigenvalue weighted by atomic mass is 19.3. The number of halogens is 2. The van der Waals surface area contributed by atoms with E-state index in [1.165, 1.54) is 16.8 Å². The Morgan fingerprint density at radius 2 is 2.19 bits per heavy atom. The summed E-state index contributed by atoms with van der Waals surface area (Å²) < 4.78 is 26.2. The summed E-state index contributed by atoms with van der Waals surface area (Å²) in [5.74, 6) is 0.188. The predicted molar refractivity (Wildman–Crippen MR) is 75.4 cm³/mol. The van der Waals surface area contributed by atoms with E-state index in [0.717, 1.165) is 12.8 Å². The number of nitrogens with zero attached hydrogens (tertiary/aromatic N) is 1. The van der Waals surface area contributed by atoms with Crippen molar-refractivity contribution in [2.24, 2.45) is 5.92 Å². The standard InChI is InChI=1S/C15H22F2N2O2/c1-11-4-6-15(10-20,7-5-11)18-14(21)12-3-2-8-19(12)9-13(16)17/h2-3,8,11,13,20H,4-7,9-10H2,1H3,(H,18,21). The Hall–Kier alpha value is -1.43. The maximum absolute atomic E-state index is 12.5. The van der Waals surface area contributed by atoms with Gasteiger partial charge in [-0.15, -0.1) is 0 Å². The molecule has 0 bridgehead atoms. The SMILES string of the molecule is CC1CCC(CO)(NC(=O)c2cccn2CC(F)F)CC1. The highest BCUT2D eigenvalue weighted by Gasteiger charge is 2.35. The lowest BCUT2D eigenvalue weighted by Gasteiger charge is -2.38. The van der Waals surface area contributed by atoms with Gasteiger partial charge in [-0.2, -0.15) is 0 Å². The van der Waals surface area contributed by atoms with Crippen LogP contribution in [0.5, 0.6) is 0 Å². The monoisotopic (exact) mass is 300 g/mol. The molecular weight excluding hydrogens is 278 g/mol. The molecule has 6 heteroatoms. The van der Waals surface area contributed by atoms with Crippen molar-refractivity contribution in [2.45, 2.75) is 51.1 Å². The maximum Gasteiger partial charge on any atom is 0.268 e. The fourth-order valence-corrected chi connectivity index (χ4v) is 2.87. The number of alkyl halides is 2. The minimum Gasteiger partial charge on any atom is -0.394 e. The van der Waals surface area contributed by atoms with Crippen molar-refractivity contribution in [2.75, 3.05) is 6.61 Å². The molecule has 0 aliphatic heterocycles. The first-order valence-electron chi connectivity index (χ1n) is 7.32. The van der Waals surface area contributed by atoms with Crippen LogP contribution in [0.3, 0.4) is 0 Å².